The molecular formula is C46H72N8O6S. The number of nitrogens with one attached hydrogen (secondary N) is 2. The van der Waals surface area contributed by atoms with E-state index in [9.17, 15) is 19.2 Å². The number of rotatable bonds is 23. The van der Waals surface area contributed by atoms with Gasteiger partial charge in [-0.05, 0) is 49.6 Å². The largest absolute Gasteiger partial charge is 0.379 e. The number of likely N-dealkylation sites (N-methyl/N-ethyl adjacent to an activating group) is 2. The highest BCUT2D eigenvalue weighted by Crippen LogP contribution is 2.31. The molecule has 0 spiro atoms. The number of thiazole rings is 1. The van der Waals surface area contributed by atoms with E-state index in [1.807, 2.05) is 105 Å². The maximum absolute atomic E-state index is 14.6. The number of carbonyl (C=O) groups is 4. The molecule has 61 heavy (non-hydrogen) atoms. The first-order chi connectivity index (χ1) is 29.0. The molecule has 0 radical (unpaired) electrons. The second-order valence-corrected chi connectivity index (χ2v) is 18.4. The number of imidazole rings is 1. The van der Waals surface area contributed by atoms with Crippen LogP contribution in [0.1, 0.15) is 96.6 Å². The first-order valence-corrected chi connectivity index (χ1v) is 22.7. The van der Waals surface area contributed by atoms with Gasteiger partial charge < -0.3 is 34.5 Å². The molecule has 0 aliphatic carbocycles. The van der Waals surface area contributed by atoms with Crippen molar-refractivity contribution in [3.8, 4) is 0 Å². The molecule has 4 rings (SSSR count). The van der Waals surface area contributed by atoms with E-state index in [4.69, 9.17) is 9.47 Å². The predicted octanol–water partition coefficient (Wildman–Crippen LogP) is 5.49. The monoisotopic (exact) mass is 865 g/mol. The van der Waals surface area contributed by atoms with Crippen LogP contribution in [-0.2, 0) is 48.7 Å². The Balaban J connectivity index is 1.48. The molecule has 1 saturated heterocycles. The van der Waals surface area contributed by atoms with Crippen LogP contribution < -0.4 is 10.6 Å². The van der Waals surface area contributed by atoms with Gasteiger partial charge in [-0.15, -0.1) is 11.3 Å². The molecule has 1 aromatic carbocycles. The Kier molecular flexibility index (Phi) is 18.9. The highest BCUT2D eigenvalue weighted by molar-refractivity contribution is 7.09. The summed E-state index contributed by atoms with van der Waals surface area (Å²) in [5, 5.41) is 9.09. The van der Waals surface area contributed by atoms with Gasteiger partial charge in [-0.1, -0.05) is 85.2 Å². The van der Waals surface area contributed by atoms with Crippen LogP contribution >= 0.6 is 11.3 Å². The summed E-state index contributed by atoms with van der Waals surface area (Å²) in [4.78, 5) is 71.4. The van der Waals surface area contributed by atoms with Crippen molar-refractivity contribution in [3.05, 3.63) is 70.7 Å². The van der Waals surface area contributed by atoms with Gasteiger partial charge in [-0.3, -0.25) is 24.1 Å². The maximum atomic E-state index is 14.6. The summed E-state index contributed by atoms with van der Waals surface area (Å²) >= 11 is 1.50. The van der Waals surface area contributed by atoms with Gasteiger partial charge in [0, 0.05) is 58.8 Å². The minimum Gasteiger partial charge on any atom is -0.379 e. The lowest BCUT2D eigenvalue weighted by molar-refractivity contribution is -0.148. The number of methoxy groups -OCH3 is 2. The highest BCUT2D eigenvalue weighted by Gasteiger charge is 2.43. The van der Waals surface area contributed by atoms with Gasteiger partial charge in [0.05, 0.1) is 55.3 Å². The van der Waals surface area contributed by atoms with Crippen LogP contribution in [0, 0.1) is 23.7 Å². The Morgan fingerprint density at radius 3 is 2.20 bits per heavy atom. The molecule has 4 amide bonds. The third kappa shape index (κ3) is 12.7. The highest BCUT2D eigenvalue weighted by atomic mass is 32.1. The van der Waals surface area contributed by atoms with E-state index in [1.165, 1.54) is 11.3 Å². The average Bonchev–Trinajstić information content (AvgIpc) is 4.03. The van der Waals surface area contributed by atoms with Crippen molar-refractivity contribution >= 4 is 35.0 Å². The third-order valence-corrected chi connectivity index (χ3v) is 13.4. The molecule has 0 bridgehead atoms. The quantitative estimate of drug-likeness (QED) is 0.126. The zero-order valence-electron chi connectivity index (χ0n) is 38.5. The van der Waals surface area contributed by atoms with Gasteiger partial charge >= 0.3 is 0 Å². The van der Waals surface area contributed by atoms with E-state index in [0.29, 0.717) is 25.9 Å². The Hall–Kier alpha value is -4.18. The van der Waals surface area contributed by atoms with E-state index in [0.717, 1.165) is 29.2 Å². The topological polar surface area (TPSA) is 151 Å². The number of nitrogens with zero attached hydrogens (tertiary/aromatic N) is 6. The standard InChI is InChI=1S/C46H72N8O6S/c1-13-31(6)41(53(10)46(58)39(29(2)3)50-44(57)40(30(4)5)52(9)28-37-47-21-24-51(37)8)36(59-11)27-38(55)54-23-17-20-35(54)42(60-12)32(7)43(56)49-34(45-48-22-25-61-45)26-33-18-15-14-16-19-33/h14-16,18-19,21-22,24-25,29-32,34-36,39-42H,13,17,20,23,26-28H2,1-12H3,(H,49,56)(H,50,57)/t31-,32+,34-,35-,36+,39-,40-,41-,42+/m0/s1. The molecule has 15 heteroatoms. The van der Waals surface area contributed by atoms with E-state index < -0.39 is 36.3 Å². The normalized spacial score (nSPS) is 18.3. The van der Waals surface area contributed by atoms with Crippen LogP contribution in [0.15, 0.2) is 54.3 Å². The Bertz CT molecular complexity index is 1820. The minimum absolute atomic E-state index is 0.0333. The second-order valence-electron chi connectivity index (χ2n) is 17.5. The molecule has 0 unspecified atom stereocenters. The molecule has 0 saturated carbocycles. The van der Waals surface area contributed by atoms with Crippen molar-refractivity contribution in [2.24, 2.45) is 30.7 Å². The predicted molar refractivity (Wildman–Crippen MR) is 239 cm³/mol. The number of amides is 4. The van der Waals surface area contributed by atoms with Crippen LogP contribution in [0.2, 0.25) is 0 Å². The lowest BCUT2D eigenvalue weighted by atomic mass is 9.89. The van der Waals surface area contributed by atoms with Crippen molar-refractivity contribution in [2.45, 2.75) is 130 Å². The van der Waals surface area contributed by atoms with Crippen molar-refractivity contribution < 1.29 is 28.7 Å². The Morgan fingerprint density at radius 2 is 1.64 bits per heavy atom. The zero-order valence-corrected chi connectivity index (χ0v) is 39.4. The van der Waals surface area contributed by atoms with Crippen LogP contribution in [0.5, 0.6) is 0 Å². The molecule has 1 aliphatic heterocycles. The van der Waals surface area contributed by atoms with Gasteiger partial charge in [0.25, 0.3) is 0 Å². The number of likely N-dealkylation sites (tertiary alicyclic amines) is 1. The van der Waals surface area contributed by atoms with Gasteiger partial charge in [-0.25, -0.2) is 9.97 Å². The molecular weight excluding hydrogens is 793 g/mol. The summed E-state index contributed by atoms with van der Waals surface area (Å²) in [6.07, 6.45) is 7.00. The number of carbonyl (C=O) groups excluding carboxylic acids is 4. The lowest BCUT2D eigenvalue weighted by Crippen LogP contribution is -2.60. The number of aryl methyl sites for hydroxylation is 1. The summed E-state index contributed by atoms with van der Waals surface area (Å²) in [5.74, 6) is -0.756. The SMILES string of the molecule is CC[C@H](C)[C@@H]([C@@H](CC(=O)N1CCC[C@H]1[C@H](OC)[C@@H](C)C(=O)N[C@@H](Cc1ccccc1)c1nccs1)OC)N(C)C(=O)[C@@H](NC(=O)[C@H](C(C)C)N(C)Cc1nccn1C)C(C)C. The maximum Gasteiger partial charge on any atom is 0.245 e. The summed E-state index contributed by atoms with van der Waals surface area (Å²) in [5.41, 5.74) is 1.09. The molecule has 1 fully saturated rings. The first kappa shape index (κ1) is 49.5. The molecule has 2 N–H and O–H groups in total. The van der Waals surface area contributed by atoms with E-state index in [2.05, 4.69) is 34.4 Å². The van der Waals surface area contributed by atoms with E-state index in [-0.39, 0.29) is 59.9 Å². The molecule has 9 atom stereocenters. The number of ether oxygens (including phenoxy) is 2. The van der Waals surface area contributed by atoms with Gasteiger partial charge in [-0.2, -0.15) is 0 Å². The van der Waals surface area contributed by atoms with E-state index >= 15 is 0 Å². The van der Waals surface area contributed by atoms with Gasteiger partial charge in [0.15, 0.2) is 0 Å². The van der Waals surface area contributed by atoms with Crippen molar-refractivity contribution in [1.82, 2.24) is 39.9 Å². The van der Waals surface area contributed by atoms with Gasteiger partial charge in [0.2, 0.25) is 23.6 Å². The van der Waals surface area contributed by atoms with Gasteiger partial charge in [0.1, 0.15) is 16.9 Å². The minimum atomic E-state index is -0.805. The van der Waals surface area contributed by atoms with Crippen molar-refractivity contribution in [2.75, 3.05) is 34.9 Å². The Morgan fingerprint density at radius 1 is 0.934 bits per heavy atom. The smallest absolute Gasteiger partial charge is 0.245 e. The summed E-state index contributed by atoms with van der Waals surface area (Å²) in [6.45, 7) is 14.8. The number of hydrogen-bond donors (Lipinski definition) is 2. The Labute approximate surface area is 368 Å². The van der Waals surface area contributed by atoms with E-state index in [1.54, 1.807) is 38.6 Å². The summed E-state index contributed by atoms with van der Waals surface area (Å²) < 4.78 is 14.1. The fourth-order valence-electron chi connectivity index (χ4n) is 8.92. The molecule has 338 valence electrons. The molecule has 3 aromatic rings. The fraction of sp³-hybridized carbons (Fsp3) is 0.652. The number of benzene rings is 1. The molecule has 3 heterocycles. The van der Waals surface area contributed by atoms with Crippen LogP contribution in [0.25, 0.3) is 0 Å². The lowest BCUT2D eigenvalue weighted by Gasteiger charge is -2.41. The third-order valence-electron chi connectivity index (χ3n) is 12.5. The second kappa shape index (κ2) is 23.3. The number of aromatic nitrogens is 3. The van der Waals surface area contributed by atoms with Crippen molar-refractivity contribution in [3.63, 3.8) is 0 Å². The summed E-state index contributed by atoms with van der Waals surface area (Å²) in [6, 6.07) is 7.61. The van der Waals surface area contributed by atoms with Crippen LogP contribution in [-0.4, -0.2) is 124 Å². The fourth-order valence-corrected chi connectivity index (χ4v) is 9.61. The summed E-state index contributed by atoms with van der Waals surface area (Å²) in [7, 11) is 8.76. The van der Waals surface area contributed by atoms with Crippen LogP contribution in [0.3, 0.4) is 0 Å². The zero-order chi connectivity index (χ0) is 45.0. The van der Waals surface area contributed by atoms with Crippen LogP contribution in [0.4, 0.5) is 0 Å². The number of hydrogen-bond acceptors (Lipinski definition) is 10. The molecule has 14 nitrogen and oxygen atoms in total. The van der Waals surface area contributed by atoms with Crippen molar-refractivity contribution in [1.29, 1.82) is 0 Å². The molecule has 1 aliphatic rings. The molecule has 2 aromatic heterocycles. The average molecular weight is 865 g/mol. The first-order valence-electron chi connectivity index (χ1n) is 21.9.